The fourth-order valence-corrected chi connectivity index (χ4v) is 1.92. The molecule has 0 aromatic carbocycles. The van der Waals surface area contributed by atoms with Crippen molar-refractivity contribution in [1.82, 2.24) is 9.80 Å². The second-order valence-electron chi connectivity index (χ2n) is 4.44. The number of hydrogen-bond donors (Lipinski definition) is 0. The van der Waals surface area contributed by atoms with Crippen molar-refractivity contribution in [2.75, 3.05) is 27.2 Å². The molecule has 1 unspecified atom stereocenters. The maximum Gasteiger partial charge on any atom is 0.223 e. The molecule has 0 aromatic rings. The highest BCUT2D eigenvalue weighted by molar-refractivity contribution is 5.76. The van der Waals surface area contributed by atoms with Gasteiger partial charge >= 0.3 is 0 Å². The number of carbonyl (C=O) groups is 1. The van der Waals surface area contributed by atoms with Gasteiger partial charge in [-0.1, -0.05) is 6.42 Å². The summed E-state index contributed by atoms with van der Waals surface area (Å²) in [5, 5.41) is 0. The molecule has 0 aliphatic carbocycles. The first-order chi connectivity index (χ1) is 6.61. The quantitative estimate of drug-likeness (QED) is 0.683. The topological polar surface area (TPSA) is 23.6 Å². The van der Waals surface area contributed by atoms with E-state index in [0.29, 0.717) is 12.5 Å². The van der Waals surface area contributed by atoms with Crippen LogP contribution in [0.2, 0.25) is 0 Å². The van der Waals surface area contributed by atoms with E-state index in [4.69, 9.17) is 0 Å². The van der Waals surface area contributed by atoms with Crippen LogP contribution in [0.3, 0.4) is 0 Å². The number of hydrogen-bond acceptors (Lipinski definition) is 2. The van der Waals surface area contributed by atoms with Crippen LogP contribution in [0.25, 0.3) is 0 Å². The molecule has 0 radical (unpaired) electrons. The van der Waals surface area contributed by atoms with E-state index in [9.17, 15) is 4.79 Å². The summed E-state index contributed by atoms with van der Waals surface area (Å²) < 4.78 is 0. The molecule has 1 amide bonds. The second-order valence-corrected chi connectivity index (χ2v) is 4.44. The lowest BCUT2D eigenvalue weighted by Crippen LogP contribution is -2.40. The normalized spacial score (nSPS) is 20.5. The van der Waals surface area contributed by atoms with Gasteiger partial charge in [-0.25, -0.2) is 0 Å². The third kappa shape index (κ3) is 3.29. The third-order valence-electron chi connectivity index (χ3n) is 2.98. The predicted octanol–water partition coefficient (Wildman–Crippen LogP) is 1.34. The maximum absolute atomic E-state index is 11.5. The Bertz CT molecular complexity index is 186. The first-order valence-electron chi connectivity index (χ1n) is 5.55. The zero-order valence-corrected chi connectivity index (χ0v) is 9.62. The van der Waals surface area contributed by atoms with Crippen molar-refractivity contribution < 1.29 is 4.79 Å². The molecule has 1 atom stereocenters. The summed E-state index contributed by atoms with van der Waals surface area (Å²) in [5.41, 5.74) is 0. The summed E-state index contributed by atoms with van der Waals surface area (Å²) >= 11 is 0. The van der Waals surface area contributed by atoms with Gasteiger partial charge < -0.3 is 9.80 Å². The second kappa shape index (κ2) is 5.35. The summed E-state index contributed by atoms with van der Waals surface area (Å²) in [6.45, 7) is 4.50. The molecule has 82 valence electrons. The third-order valence-corrected chi connectivity index (χ3v) is 2.98. The molecule has 1 aliphatic rings. The molecule has 0 saturated carbocycles. The summed E-state index contributed by atoms with van der Waals surface area (Å²) in [6, 6.07) is 0.408. The van der Waals surface area contributed by atoms with Crippen molar-refractivity contribution in [2.45, 2.75) is 38.6 Å². The van der Waals surface area contributed by atoms with Crippen LogP contribution < -0.4 is 0 Å². The fourth-order valence-electron chi connectivity index (χ4n) is 1.92. The Morgan fingerprint density at radius 1 is 1.29 bits per heavy atom. The Morgan fingerprint density at radius 3 is 2.36 bits per heavy atom. The highest BCUT2D eigenvalue weighted by Gasteiger charge is 2.19. The van der Waals surface area contributed by atoms with Gasteiger partial charge in [-0.2, -0.15) is 0 Å². The monoisotopic (exact) mass is 198 g/mol. The highest BCUT2D eigenvalue weighted by atomic mass is 16.2. The Hall–Kier alpha value is -0.570. The zero-order chi connectivity index (χ0) is 10.6. The average Bonchev–Trinajstić information content (AvgIpc) is 2.19. The van der Waals surface area contributed by atoms with E-state index in [-0.39, 0.29) is 5.91 Å². The van der Waals surface area contributed by atoms with Crippen molar-refractivity contribution in [3.63, 3.8) is 0 Å². The van der Waals surface area contributed by atoms with Gasteiger partial charge in [0.05, 0.1) is 0 Å². The van der Waals surface area contributed by atoms with Crippen LogP contribution in [0.1, 0.15) is 32.6 Å². The van der Waals surface area contributed by atoms with Gasteiger partial charge in [0.25, 0.3) is 0 Å². The Morgan fingerprint density at radius 2 is 1.86 bits per heavy atom. The molecule has 0 N–H and O–H groups in total. The highest BCUT2D eigenvalue weighted by Crippen LogP contribution is 2.14. The smallest absolute Gasteiger partial charge is 0.223 e. The standard InChI is InChI=1S/C11H22N2O/c1-10(9-11(14)12(2)3)13-7-5-4-6-8-13/h10H,4-9H2,1-3H3. The lowest BCUT2D eigenvalue weighted by molar-refractivity contribution is -0.129. The fraction of sp³-hybridized carbons (Fsp3) is 0.909. The number of piperidine rings is 1. The molecule has 1 saturated heterocycles. The molecule has 3 heteroatoms. The average molecular weight is 198 g/mol. The van der Waals surface area contributed by atoms with Gasteiger partial charge in [-0.3, -0.25) is 4.79 Å². The van der Waals surface area contributed by atoms with Gasteiger partial charge in [0.2, 0.25) is 5.91 Å². The van der Waals surface area contributed by atoms with Crippen LogP contribution in [-0.2, 0) is 4.79 Å². The maximum atomic E-state index is 11.5. The summed E-state index contributed by atoms with van der Waals surface area (Å²) in [5.74, 6) is 0.239. The number of likely N-dealkylation sites (tertiary alicyclic amines) is 1. The van der Waals surface area contributed by atoms with E-state index in [1.54, 1.807) is 4.90 Å². The van der Waals surface area contributed by atoms with Crippen molar-refractivity contribution in [3.05, 3.63) is 0 Å². The van der Waals surface area contributed by atoms with Crippen molar-refractivity contribution in [1.29, 1.82) is 0 Å². The van der Waals surface area contributed by atoms with Crippen molar-refractivity contribution >= 4 is 5.91 Å². The SMILES string of the molecule is CC(CC(=O)N(C)C)N1CCCCC1. The van der Waals surface area contributed by atoms with Crippen LogP contribution >= 0.6 is 0 Å². The van der Waals surface area contributed by atoms with Crippen molar-refractivity contribution in [2.24, 2.45) is 0 Å². The predicted molar refractivity (Wildman–Crippen MR) is 58.2 cm³/mol. The van der Waals surface area contributed by atoms with Crippen LogP contribution in [-0.4, -0.2) is 48.9 Å². The van der Waals surface area contributed by atoms with Crippen LogP contribution in [0, 0.1) is 0 Å². The minimum absolute atomic E-state index is 0.239. The van der Waals surface area contributed by atoms with Crippen molar-refractivity contribution in [3.8, 4) is 0 Å². The Kier molecular flexibility index (Phi) is 4.39. The van der Waals surface area contributed by atoms with Gasteiger partial charge in [-0.05, 0) is 32.9 Å². The minimum Gasteiger partial charge on any atom is -0.349 e. The van der Waals surface area contributed by atoms with E-state index < -0.39 is 0 Å². The number of carbonyl (C=O) groups excluding carboxylic acids is 1. The summed E-state index contributed by atoms with van der Waals surface area (Å²) in [7, 11) is 3.65. The first-order valence-corrected chi connectivity index (χ1v) is 5.55. The van der Waals surface area contributed by atoms with E-state index in [0.717, 1.165) is 0 Å². The largest absolute Gasteiger partial charge is 0.349 e. The molecular formula is C11H22N2O. The van der Waals surface area contributed by atoms with Crippen LogP contribution in [0.5, 0.6) is 0 Å². The lowest BCUT2D eigenvalue weighted by atomic mass is 10.1. The number of nitrogens with zero attached hydrogens (tertiary/aromatic N) is 2. The molecule has 0 spiro atoms. The molecule has 0 aromatic heterocycles. The number of rotatable bonds is 3. The van der Waals surface area contributed by atoms with Gasteiger partial charge in [0, 0.05) is 26.6 Å². The first kappa shape index (κ1) is 11.5. The van der Waals surface area contributed by atoms with E-state index in [1.165, 1.54) is 32.4 Å². The lowest BCUT2D eigenvalue weighted by Gasteiger charge is -2.32. The van der Waals surface area contributed by atoms with Gasteiger partial charge in [0.15, 0.2) is 0 Å². The molecule has 14 heavy (non-hydrogen) atoms. The molecule has 0 bridgehead atoms. The molecule has 3 nitrogen and oxygen atoms in total. The van der Waals surface area contributed by atoms with E-state index in [1.807, 2.05) is 14.1 Å². The Balaban J connectivity index is 2.32. The van der Waals surface area contributed by atoms with Gasteiger partial charge in [0.1, 0.15) is 0 Å². The van der Waals surface area contributed by atoms with Crippen LogP contribution in [0.15, 0.2) is 0 Å². The Labute approximate surface area is 87.1 Å². The number of amides is 1. The molecule has 1 aliphatic heterocycles. The summed E-state index contributed by atoms with van der Waals surface area (Å²) in [6.07, 6.45) is 4.60. The molecule has 1 heterocycles. The van der Waals surface area contributed by atoms with E-state index in [2.05, 4.69) is 11.8 Å². The molecule has 1 rings (SSSR count). The minimum atomic E-state index is 0.239. The molecular weight excluding hydrogens is 176 g/mol. The van der Waals surface area contributed by atoms with Crippen LogP contribution in [0.4, 0.5) is 0 Å². The van der Waals surface area contributed by atoms with E-state index >= 15 is 0 Å². The summed E-state index contributed by atoms with van der Waals surface area (Å²) in [4.78, 5) is 15.6. The molecule has 1 fully saturated rings. The zero-order valence-electron chi connectivity index (χ0n) is 9.62. The van der Waals surface area contributed by atoms with Gasteiger partial charge in [-0.15, -0.1) is 0 Å².